The second-order valence-corrected chi connectivity index (χ2v) is 10.9. The smallest absolute Gasteiger partial charge is 0.224 e. The number of aromatic nitrogens is 3. The van der Waals surface area contributed by atoms with Crippen LogP contribution in [0.5, 0.6) is 0 Å². The number of hydrogen-bond donors (Lipinski definition) is 0. The van der Waals surface area contributed by atoms with Crippen LogP contribution in [0, 0.1) is 25.2 Å². The van der Waals surface area contributed by atoms with Crippen LogP contribution in [0.4, 0.5) is 0 Å². The Balaban J connectivity index is 1.36. The molecule has 6 heteroatoms. The molecule has 1 amide bonds. The number of carbonyl (C=O) groups is 1. The van der Waals surface area contributed by atoms with Crippen molar-refractivity contribution in [2.75, 3.05) is 13.1 Å². The van der Waals surface area contributed by atoms with E-state index >= 15 is 0 Å². The van der Waals surface area contributed by atoms with E-state index < -0.39 is 0 Å². The topological polar surface area (TPSA) is 64.2 Å². The number of piperidine rings is 1. The lowest BCUT2D eigenvalue weighted by Crippen LogP contribution is -2.39. The van der Waals surface area contributed by atoms with Gasteiger partial charge in [0.2, 0.25) is 5.91 Å². The zero-order valence-electron chi connectivity index (χ0n) is 20.1. The Hall–Kier alpha value is -2.11. The van der Waals surface area contributed by atoms with E-state index in [1.165, 1.54) is 17.7 Å². The minimum atomic E-state index is 0.0783. The molecule has 0 N–H and O–H groups in total. The van der Waals surface area contributed by atoms with Gasteiger partial charge in [0.25, 0.3) is 0 Å². The van der Waals surface area contributed by atoms with E-state index in [2.05, 4.69) is 50.9 Å². The van der Waals surface area contributed by atoms with Crippen molar-refractivity contribution in [3.8, 4) is 0 Å². The van der Waals surface area contributed by atoms with Crippen molar-refractivity contribution in [3.05, 3.63) is 34.5 Å². The van der Waals surface area contributed by atoms with Crippen molar-refractivity contribution in [1.82, 2.24) is 19.8 Å². The predicted octanol–water partition coefficient (Wildman–Crippen LogP) is 5.00. The lowest BCUT2D eigenvalue weighted by Gasteiger charge is -2.35. The largest absolute Gasteiger partial charge is 0.361 e. The van der Waals surface area contributed by atoms with Gasteiger partial charge < -0.3 is 9.42 Å². The lowest BCUT2D eigenvalue weighted by atomic mass is 9.71. The molecule has 2 atom stereocenters. The summed E-state index contributed by atoms with van der Waals surface area (Å²) in [6.07, 6.45) is 5.73. The third kappa shape index (κ3) is 4.58. The molecule has 31 heavy (non-hydrogen) atoms. The molecule has 170 valence electrons. The molecule has 1 saturated heterocycles. The first-order valence-corrected chi connectivity index (χ1v) is 11.9. The second kappa shape index (κ2) is 8.44. The molecular formula is C25H38N4O2. The third-order valence-corrected chi connectivity index (χ3v) is 7.46. The van der Waals surface area contributed by atoms with E-state index in [9.17, 15) is 4.79 Å². The standard InChI is InChI=1S/C25H38N4O2/c1-16-13-17(2)29(26-16)18(3)14-23(30)28-11-9-19(10-12-28)24-21-15-20(25(4,5)6)7-8-22(21)27-31-24/h13,18-20H,7-12,14-15H2,1-6H3/t18-,20-/m1/s1. The summed E-state index contributed by atoms with van der Waals surface area (Å²) in [5, 5.41) is 8.97. The van der Waals surface area contributed by atoms with Crippen molar-refractivity contribution < 1.29 is 9.32 Å². The summed E-state index contributed by atoms with van der Waals surface area (Å²) in [6, 6.07) is 2.14. The summed E-state index contributed by atoms with van der Waals surface area (Å²) in [7, 11) is 0. The van der Waals surface area contributed by atoms with Crippen LogP contribution in [0.15, 0.2) is 10.6 Å². The van der Waals surface area contributed by atoms with Gasteiger partial charge in [-0.1, -0.05) is 25.9 Å². The molecule has 0 bridgehead atoms. The molecule has 0 saturated carbocycles. The SMILES string of the molecule is Cc1cc(C)n([C@H](C)CC(=O)N2CCC(c3onc4c3C[C@H](C(C)(C)C)CC4)CC2)n1. The van der Waals surface area contributed by atoms with Crippen LogP contribution in [-0.4, -0.2) is 38.8 Å². The average molecular weight is 427 g/mol. The fourth-order valence-corrected chi connectivity index (χ4v) is 5.44. The highest BCUT2D eigenvalue weighted by Crippen LogP contribution is 2.41. The minimum Gasteiger partial charge on any atom is -0.361 e. The molecule has 1 fully saturated rings. The first-order valence-electron chi connectivity index (χ1n) is 11.9. The molecule has 2 aromatic rings. The van der Waals surface area contributed by atoms with Gasteiger partial charge in [-0.05, 0) is 70.3 Å². The number of nitrogens with zero attached hydrogens (tertiary/aromatic N) is 4. The summed E-state index contributed by atoms with van der Waals surface area (Å²) in [5.41, 5.74) is 4.97. The molecule has 0 spiro atoms. The van der Waals surface area contributed by atoms with Crippen LogP contribution in [-0.2, 0) is 17.6 Å². The highest BCUT2D eigenvalue weighted by molar-refractivity contribution is 5.76. The number of aryl methyl sites for hydroxylation is 3. The van der Waals surface area contributed by atoms with Gasteiger partial charge in [-0.25, -0.2) is 0 Å². The van der Waals surface area contributed by atoms with Gasteiger partial charge in [0, 0.05) is 36.7 Å². The number of hydrogen-bond acceptors (Lipinski definition) is 4. The molecule has 3 heterocycles. The van der Waals surface area contributed by atoms with Gasteiger partial charge in [0.05, 0.1) is 17.4 Å². The first-order chi connectivity index (χ1) is 14.6. The highest BCUT2D eigenvalue weighted by Gasteiger charge is 2.35. The van der Waals surface area contributed by atoms with Crippen LogP contribution in [0.1, 0.15) is 93.7 Å². The quantitative estimate of drug-likeness (QED) is 0.690. The summed E-state index contributed by atoms with van der Waals surface area (Å²) in [5.74, 6) is 2.39. The number of amides is 1. The lowest BCUT2D eigenvalue weighted by molar-refractivity contribution is -0.133. The molecule has 0 radical (unpaired) electrons. The van der Waals surface area contributed by atoms with Gasteiger partial charge in [-0.2, -0.15) is 5.10 Å². The van der Waals surface area contributed by atoms with Crippen LogP contribution < -0.4 is 0 Å². The molecule has 4 rings (SSSR count). The summed E-state index contributed by atoms with van der Waals surface area (Å²) in [6.45, 7) is 14.7. The highest BCUT2D eigenvalue weighted by atomic mass is 16.5. The molecule has 2 aromatic heterocycles. The molecule has 6 nitrogen and oxygen atoms in total. The molecule has 0 aromatic carbocycles. The molecule has 1 aliphatic carbocycles. The first kappa shape index (κ1) is 22.1. The Kier molecular flexibility index (Phi) is 6.01. The van der Waals surface area contributed by atoms with Crippen LogP contribution in [0.25, 0.3) is 0 Å². The van der Waals surface area contributed by atoms with Crippen molar-refractivity contribution in [2.45, 2.75) is 92.0 Å². The number of likely N-dealkylation sites (tertiary alicyclic amines) is 1. The van der Waals surface area contributed by atoms with E-state index in [0.717, 1.165) is 55.9 Å². The Morgan fingerprint density at radius 2 is 1.94 bits per heavy atom. The predicted molar refractivity (Wildman–Crippen MR) is 121 cm³/mol. The number of rotatable bonds is 4. The Labute approximate surface area is 186 Å². The van der Waals surface area contributed by atoms with E-state index in [1.807, 2.05) is 16.5 Å². The number of fused-ring (bicyclic) bond motifs is 1. The molecular weight excluding hydrogens is 388 g/mol. The van der Waals surface area contributed by atoms with E-state index in [-0.39, 0.29) is 11.9 Å². The van der Waals surface area contributed by atoms with Crippen molar-refractivity contribution in [3.63, 3.8) is 0 Å². The summed E-state index contributed by atoms with van der Waals surface area (Å²) < 4.78 is 7.87. The average Bonchev–Trinajstić information content (AvgIpc) is 3.29. The zero-order chi connectivity index (χ0) is 22.3. The van der Waals surface area contributed by atoms with Gasteiger partial charge in [0.15, 0.2) is 0 Å². The fraction of sp³-hybridized carbons (Fsp3) is 0.720. The molecule has 2 aliphatic rings. The zero-order valence-corrected chi connectivity index (χ0v) is 20.1. The third-order valence-electron chi connectivity index (χ3n) is 7.46. The Morgan fingerprint density at radius 1 is 1.23 bits per heavy atom. The van der Waals surface area contributed by atoms with Crippen LogP contribution in [0.3, 0.4) is 0 Å². The van der Waals surface area contributed by atoms with Crippen molar-refractivity contribution in [1.29, 1.82) is 0 Å². The van der Waals surface area contributed by atoms with Gasteiger partial charge in [-0.15, -0.1) is 0 Å². The van der Waals surface area contributed by atoms with Gasteiger partial charge in [0.1, 0.15) is 5.76 Å². The molecule has 1 aliphatic heterocycles. The van der Waals surface area contributed by atoms with Crippen LogP contribution >= 0.6 is 0 Å². The maximum Gasteiger partial charge on any atom is 0.224 e. The van der Waals surface area contributed by atoms with Crippen molar-refractivity contribution >= 4 is 5.91 Å². The second-order valence-electron chi connectivity index (χ2n) is 10.9. The van der Waals surface area contributed by atoms with Gasteiger partial charge >= 0.3 is 0 Å². The van der Waals surface area contributed by atoms with Crippen LogP contribution in [0.2, 0.25) is 0 Å². The Bertz CT molecular complexity index is 928. The fourth-order valence-electron chi connectivity index (χ4n) is 5.44. The normalized spacial score (nSPS) is 21.2. The summed E-state index contributed by atoms with van der Waals surface area (Å²) >= 11 is 0. The molecule has 0 unspecified atom stereocenters. The summed E-state index contributed by atoms with van der Waals surface area (Å²) in [4.78, 5) is 15.0. The Morgan fingerprint density at radius 3 is 2.55 bits per heavy atom. The van der Waals surface area contributed by atoms with E-state index in [4.69, 9.17) is 4.52 Å². The van der Waals surface area contributed by atoms with E-state index in [0.29, 0.717) is 23.7 Å². The van der Waals surface area contributed by atoms with E-state index in [1.54, 1.807) is 0 Å². The minimum absolute atomic E-state index is 0.0783. The monoisotopic (exact) mass is 426 g/mol. The van der Waals surface area contributed by atoms with Crippen molar-refractivity contribution in [2.24, 2.45) is 11.3 Å². The van der Waals surface area contributed by atoms with Gasteiger partial charge in [-0.3, -0.25) is 9.48 Å². The number of carbonyl (C=O) groups excluding carboxylic acids is 1. The maximum absolute atomic E-state index is 12.9. The maximum atomic E-state index is 12.9.